The first-order valence-corrected chi connectivity index (χ1v) is 14.2. The van der Waals surface area contributed by atoms with E-state index in [0.717, 1.165) is 30.8 Å². The number of hydrogen-bond donors (Lipinski definition) is 1. The molecule has 4 aliphatic rings. The van der Waals surface area contributed by atoms with Crippen molar-refractivity contribution >= 4 is 29.2 Å². The van der Waals surface area contributed by atoms with Crippen LogP contribution in [0.3, 0.4) is 0 Å². The molecule has 0 aromatic heterocycles. The van der Waals surface area contributed by atoms with E-state index in [1.54, 1.807) is 31.4 Å². The molecule has 0 bridgehead atoms. The molecule has 3 aliphatic heterocycles. The molecule has 2 aromatic rings. The van der Waals surface area contributed by atoms with Gasteiger partial charge in [-0.1, -0.05) is 48.9 Å². The molecule has 6 atom stereocenters. The van der Waals surface area contributed by atoms with Gasteiger partial charge in [-0.15, -0.1) is 0 Å². The van der Waals surface area contributed by atoms with Gasteiger partial charge in [-0.2, -0.15) is 0 Å². The lowest BCUT2D eigenvalue weighted by Gasteiger charge is -2.64. The summed E-state index contributed by atoms with van der Waals surface area (Å²) < 4.78 is 17.6. The van der Waals surface area contributed by atoms with E-state index in [1.165, 1.54) is 6.92 Å². The van der Waals surface area contributed by atoms with Crippen molar-refractivity contribution in [2.45, 2.75) is 55.9 Å². The molecule has 9 heteroatoms. The number of anilines is 1. The van der Waals surface area contributed by atoms with E-state index in [4.69, 9.17) is 25.8 Å². The van der Waals surface area contributed by atoms with Crippen molar-refractivity contribution < 1.29 is 28.9 Å². The number of nitrogens with zero attached hydrogens (tertiary/aromatic N) is 2. The fraction of sp³-hybridized carbons (Fsp3) is 0.484. The molecule has 1 aliphatic carbocycles. The number of methoxy groups -OCH3 is 1. The van der Waals surface area contributed by atoms with Gasteiger partial charge in [-0.05, 0) is 43.1 Å². The minimum atomic E-state index is -1.76. The van der Waals surface area contributed by atoms with Crippen LogP contribution in [0.1, 0.15) is 42.6 Å². The van der Waals surface area contributed by atoms with Gasteiger partial charge in [0.05, 0.1) is 23.7 Å². The summed E-state index contributed by atoms with van der Waals surface area (Å²) in [5, 5.41) is 13.3. The number of carbonyl (C=O) groups is 2. The Labute approximate surface area is 239 Å². The van der Waals surface area contributed by atoms with Crippen LogP contribution in [0.25, 0.3) is 0 Å². The standard InChI is InChI=1S/C31H35ClN2O6/c1-5-29-13-8-15-34-16-14-30(26(29)34)22-12-11-20(38-4)17-24(22)33(3)27(30)31(37,28(29)40-19(2)35)18-39-25(36)21-9-6-7-10-23(21)32/h6-13,17,26-28,37H,5,14-16,18H2,1-4H3/t26?,27-,28-,29-,30-,31?/m1/s1. The zero-order chi connectivity index (χ0) is 28.4. The molecule has 0 radical (unpaired) electrons. The summed E-state index contributed by atoms with van der Waals surface area (Å²) in [6.07, 6.45) is 4.68. The maximum atomic E-state index is 13.3. The highest BCUT2D eigenvalue weighted by molar-refractivity contribution is 6.33. The minimum absolute atomic E-state index is 0.0408. The molecule has 1 saturated heterocycles. The second kappa shape index (κ2) is 9.50. The molecule has 2 aromatic carbocycles. The minimum Gasteiger partial charge on any atom is -0.497 e. The van der Waals surface area contributed by atoms with Crippen LogP contribution >= 0.6 is 11.6 Å². The number of esters is 2. The van der Waals surface area contributed by atoms with Crippen molar-refractivity contribution in [2.75, 3.05) is 38.8 Å². The summed E-state index contributed by atoms with van der Waals surface area (Å²) >= 11 is 6.29. The van der Waals surface area contributed by atoms with Crippen molar-refractivity contribution in [2.24, 2.45) is 5.41 Å². The van der Waals surface area contributed by atoms with Crippen LogP contribution in [0.4, 0.5) is 5.69 Å². The van der Waals surface area contributed by atoms with Crippen molar-refractivity contribution in [3.8, 4) is 5.75 Å². The summed E-state index contributed by atoms with van der Waals surface area (Å²) in [4.78, 5) is 30.5. The first-order valence-electron chi connectivity index (χ1n) is 13.8. The third-order valence-electron chi connectivity index (χ3n) is 9.74. The molecule has 2 fully saturated rings. The number of ether oxygens (including phenoxy) is 3. The zero-order valence-electron chi connectivity index (χ0n) is 23.2. The number of carbonyl (C=O) groups excluding carboxylic acids is 2. The molecule has 40 heavy (non-hydrogen) atoms. The molecule has 3 heterocycles. The van der Waals surface area contributed by atoms with Crippen LogP contribution in [-0.2, 0) is 19.7 Å². The van der Waals surface area contributed by atoms with Crippen molar-refractivity contribution in [3.63, 3.8) is 0 Å². The van der Waals surface area contributed by atoms with Crippen LogP contribution in [0.5, 0.6) is 5.75 Å². The average molecular weight is 567 g/mol. The lowest BCUT2D eigenvalue weighted by Crippen LogP contribution is -2.80. The fourth-order valence-corrected chi connectivity index (χ4v) is 8.71. The highest BCUT2D eigenvalue weighted by Gasteiger charge is 2.78. The van der Waals surface area contributed by atoms with E-state index in [9.17, 15) is 14.7 Å². The maximum Gasteiger partial charge on any atom is 0.339 e. The Kier molecular flexibility index (Phi) is 6.44. The van der Waals surface area contributed by atoms with Crippen LogP contribution in [0, 0.1) is 5.41 Å². The number of benzene rings is 2. The zero-order valence-corrected chi connectivity index (χ0v) is 24.0. The van der Waals surface area contributed by atoms with Crippen LogP contribution in [-0.4, -0.2) is 79.6 Å². The molecular weight excluding hydrogens is 532 g/mol. The van der Waals surface area contributed by atoms with E-state index in [2.05, 4.69) is 34.9 Å². The fourth-order valence-electron chi connectivity index (χ4n) is 8.49. The summed E-state index contributed by atoms with van der Waals surface area (Å²) in [6.45, 7) is 4.66. The molecule has 2 unspecified atom stereocenters. The number of halogens is 1. The molecule has 8 nitrogen and oxygen atoms in total. The third kappa shape index (κ3) is 3.52. The van der Waals surface area contributed by atoms with Crippen LogP contribution < -0.4 is 9.64 Å². The topological polar surface area (TPSA) is 88.5 Å². The van der Waals surface area contributed by atoms with Gasteiger partial charge in [0.25, 0.3) is 0 Å². The van der Waals surface area contributed by atoms with E-state index >= 15 is 0 Å². The molecule has 212 valence electrons. The molecule has 6 rings (SSSR count). The number of aliphatic hydroxyl groups is 1. The summed E-state index contributed by atoms with van der Waals surface area (Å²) in [5.74, 6) is -0.426. The first kappa shape index (κ1) is 27.1. The quantitative estimate of drug-likeness (QED) is 0.415. The summed E-state index contributed by atoms with van der Waals surface area (Å²) in [7, 11) is 3.58. The molecular formula is C31H35ClN2O6. The third-order valence-corrected chi connectivity index (χ3v) is 10.1. The van der Waals surface area contributed by atoms with E-state index in [1.807, 2.05) is 19.2 Å². The highest BCUT2D eigenvalue weighted by Crippen LogP contribution is 2.67. The smallest absolute Gasteiger partial charge is 0.339 e. The van der Waals surface area contributed by atoms with Crippen molar-refractivity contribution in [1.82, 2.24) is 4.90 Å². The van der Waals surface area contributed by atoms with E-state index in [-0.39, 0.29) is 23.2 Å². The Bertz CT molecular complexity index is 1400. The lowest BCUT2D eigenvalue weighted by molar-refractivity contribution is -0.228. The van der Waals surface area contributed by atoms with Gasteiger partial charge in [0.15, 0.2) is 5.60 Å². The van der Waals surface area contributed by atoms with Gasteiger partial charge >= 0.3 is 11.9 Å². The highest BCUT2D eigenvalue weighted by atomic mass is 35.5. The largest absolute Gasteiger partial charge is 0.497 e. The molecule has 1 saturated carbocycles. The Balaban J connectivity index is 1.55. The number of rotatable bonds is 6. The van der Waals surface area contributed by atoms with Gasteiger partial charge in [-0.3, -0.25) is 9.69 Å². The van der Waals surface area contributed by atoms with Crippen LogP contribution in [0.15, 0.2) is 54.6 Å². The normalized spacial score (nSPS) is 33.6. The second-order valence-corrected chi connectivity index (χ2v) is 11.9. The number of fused-ring (bicyclic) bond motifs is 1. The Hall–Kier alpha value is -3.07. The first-order chi connectivity index (χ1) is 19.1. The Morgan fingerprint density at radius 2 is 1.95 bits per heavy atom. The molecule has 1 spiro atoms. The molecule has 0 amide bonds. The van der Waals surface area contributed by atoms with Gasteiger partial charge < -0.3 is 24.2 Å². The monoisotopic (exact) mass is 566 g/mol. The SMILES string of the molecule is CC[C@]12C=CCN3CC[C@@]4(c5ccc(OC)cc5N(C)[C@H]4C(O)(COC(=O)c4ccccc4Cl)[C@@H]1OC(C)=O)C32. The Morgan fingerprint density at radius 1 is 1.18 bits per heavy atom. The van der Waals surface area contributed by atoms with Crippen LogP contribution in [0.2, 0.25) is 5.02 Å². The van der Waals surface area contributed by atoms with Gasteiger partial charge in [-0.25, -0.2) is 4.79 Å². The summed E-state index contributed by atoms with van der Waals surface area (Å²) in [6, 6.07) is 12.1. The van der Waals surface area contributed by atoms with Gasteiger partial charge in [0.1, 0.15) is 18.5 Å². The molecule has 1 N–H and O–H groups in total. The number of hydrogen-bond acceptors (Lipinski definition) is 8. The van der Waals surface area contributed by atoms with E-state index < -0.39 is 40.5 Å². The second-order valence-electron chi connectivity index (χ2n) is 11.5. The predicted molar refractivity (Wildman–Crippen MR) is 151 cm³/mol. The lowest BCUT2D eigenvalue weighted by atomic mass is 9.48. The summed E-state index contributed by atoms with van der Waals surface area (Å²) in [5.41, 5.74) is -0.704. The van der Waals surface area contributed by atoms with E-state index in [0.29, 0.717) is 12.2 Å². The maximum absolute atomic E-state index is 13.3. The average Bonchev–Trinajstić information content (AvgIpc) is 3.46. The van der Waals surface area contributed by atoms with Crippen molar-refractivity contribution in [1.29, 1.82) is 0 Å². The predicted octanol–water partition coefficient (Wildman–Crippen LogP) is 3.98. The van der Waals surface area contributed by atoms with Crippen molar-refractivity contribution in [3.05, 3.63) is 70.8 Å². The van der Waals surface area contributed by atoms with Gasteiger partial charge in [0.2, 0.25) is 0 Å². The van der Waals surface area contributed by atoms with Gasteiger partial charge in [0, 0.05) is 49.1 Å². The Morgan fingerprint density at radius 3 is 2.65 bits per heavy atom. The number of likely N-dealkylation sites (N-methyl/N-ethyl adjacent to an activating group) is 1.